The largest absolute Gasteiger partial charge is 0.309 e. The van der Waals surface area contributed by atoms with Crippen LogP contribution in [0.4, 0.5) is 0 Å². The summed E-state index contributed by atoms with van der Waals surface area (Å²) in [6, 6.07) is 9.10. The van der Waals surface area contributed by atoms with Crippen molar-refractivity contribution in [3.05, 3.63) is 35.4 Å². The Balaban J connectivity index is 2.88. The van der Waals surface area contributed by atoms with E-state index in [1.54, 1.807) is 0 Å². The molecule has 108 valence electrons. The summed E-state index contributed by atoms with van der Waals surface area (Å²) < 4.78 is 0. The van der Waals surface area contributed by atoms with E-state index in [-0.39, 0.29) is 5.54 Å². The first-order valence-corrected chi connectivity index (χ1v) is 7.42. The van der Waals surface area contributed by atoms with Crippen molar-refractivity contribution in [1.29, 1.82) is 0 Å². The molecule has 0 bridgehead atoms. The van der Waals surface area contributed by atoms with Gasteiger partial charge in [-0.1, -0.05) is 38.1 Å². The molecule has 1 aromatic carbocycles. The fourth-order valence-electron chi connectivity index (χ4n) is 2.29. The zero-order valence-electron chi connectivity index (χ0n) is 13.5. The van der Waals surface area contributed by atoms with Gasteiger partial charge in [0.05, 0.1) is 0 Å². The quantitative estimate of drug-likeness (QED) is 0.805. The van der Waals surface area contributed by atoms with Gasteiger partial charge in [0.25, 0.3) is 0 Å². The number of benzene rings is 1. The average molecular weight is 262 g/mol. The zero-order valence-corrected chi connectivity index (χ0v) is 13.5. The summed E-state index contributed by atoms with van der Waals surface area (Å²) in [5.74, 6) is 0. The summed E-state index contributed by atoms with van der Waals surface area (Å²) in [7, 11) is 2.23. The molecule has 19 heavy (non-hydrogen) atoms. The zero-order chi connectivity index (χ0) is 14.5. The molecule has 0 heterocycles. The van der Waals surface area contributed by atoms with Crippen molar-refractivity contribution in [3.63, 3.8) is 0 Å². The van der Waals surface area contributed by atoms with Gasteiger partial charge in [-0.25, -0.2) is 0 Å². The van der Waals surface area contributed by atoms with Crippen molar-refractivity contribution in [2.45, 2.75) is 52.6 Å². The van der Waals surface area contributed by atoms with Crippen molar-refractivity contribution in [1.82, 2.24) is 10.2 Å². The minimum Gasteiger partial charge on any atom is -0.309 e. The van der Waals surface area contributed by atoms with E-state index >= 15 is 0 Å². The predicted octanol–water partition coefficient (Wildman–Crippen LogP) is 3.77. The van der Waals surface area contributed by atoms with E-state index in [1.807, 2.05) is 0 Å². The Morgan fingerprint density at radius 3 is 2.37 bits per heavy atom. The Hall–Kier alpha value is -0.860. The van der Waals surface area contributed by atoms with Gasteiger partial charge in [0.15, 0.2) is 0 Å². The summed E-state index contributed by atoms with van der Waals surface area (Å²) in [6.45, 7) is 13.3. The van der Waals surface area contributed by atoms with E-state index in [0.717, 1.165) is 19.5 Å². The van der Waals surface area contributed by atoms with Gasteiger partial charge in [0, 0.05) is 18.1 Å². The second-order valence-corrected chi connectivity index (χ2v) is 6.01. The first-order chi connectivity index (χ1) is 8.92. The van der Waals surface area contributed by atoms with Gasteiger partial charge in [-0.2, -0.15) is 0 Å². The summed E-state index contributed by atoms with van der Waals surface area (Å²) in [5, 5.41) is 3.63. The minimum atomic E-state index is 0.246. The molecule has 1 aromatic rings. The molecule has 2 heteroatoms. The lowest BCUT2D eigenvalue weighted by molar-refractivity contribution is 0.135. The number of rotatable bonds is 7. The van der Waals surface area contributed by atoms with Gasteiger partial charge in [-0.15, -0.1) is 0 Å². The molecule has 0 saturated carbocycles. The van der Waals surface area contributed by atoms with Crippen LogP contribution in [0.3, 0.4) is 0 Å². The van der Waals surface area contributed by atoms with E-state index in [9.17, 15) is 0 Å². The smallest absolute Gasteiger partial charge is 0.0451 e. The molecule has 0 aliphatic carbocycles. The molecular weight excluding hydrogens is 232 g/mol. The van der Waals surface area contributed by atoms with Crippen LogP contribution in [0.2, 0.25) is 0 Å². The summed E-state index contributed by atoms with van der Waals surface area (Å²) >= 11 is 0. The molecule has 0 amide bonds. The molecule has 0 aliphatic rings. The fourth-order valence-corrected chi connectivity index (χ4v) is 2.29. The monoisotopic (exact) mass is 262 g/mol. The highest BCUT2D eigenvalue weighted by molar-refractivity contribution is 5.29. The van der Waals surface area contributed by atoms with Crippen molar-refractivity contribution in [3.8, 4) is 0 Å². The normalized spacial score (nSPS) is 13.8. The van der Waals surface area contributed by atoms with Gasteiger partial charge in [-0.05, 0) is 51.9 Å². The predicted molar refractivity (Wildman–Crippen MR) is 84.6 cm³/mol. The standard InChI is InChI=1S/C17H30N2/c1-7-17(4,5)19(6)13-16(18-8-2)15-12-10-9-11-14(15)3/h9-12,16,18H,7-8,13H2,1-6H3. The van der Waals surface area contributed by atoms with Crippen molar-refractivity contribution in [2.75, 3.05) is 20.1 Å². The van der Waals surface area contributed by atoms with Crippen LogP contribution in [0.15, 0.2) is 24.3 Å². The molecule has 0 aliphatic heterocycles. The first kappa shape index (κ1) is 16.2. The van der Waals surface area contributed by atoms with E-state index in [0.29, 0.717) is 6.04 Å². The third-order valence-corrected chi connectivity index (χ3v) is 4.37. The maximum Gasteiger partial charge on any atom is 0.0451 e. The Kier molecular flexibility index (Phi) is 6.02. The van der Waals surface area contributed by atoms with Crippen LogP contribution < -0.4 is 5.32 Å². The number of hydrogen-bond acceptors (Lipinski definition) is 2. The van der Waals surface area contributed by atoms with Crippen LogP contribution in [-0.2, 0) is 0 Å². The maximum atomic E-state index is 3.63. The molecule has 1 unspecified atom stereocenters. The maximum absolute atomic E-state index is 3.63. The molecular formula is C17H30N2. The highest BCUT2D eigenvalue weighted by atomic mass is 15.2. The number of aryl methyl sites for hydroxylation is 1. The number of nitrogens with one attached hydrogen (secondary N) is 1. The van der Waals surface area contributed by atoms with E-state index in [4.69, 9.17) is 0 Å². The van der Waals surface area contributed by atoms with E-state index in [1.165, 1.54) is 11.1 Å². The Labute approximate surface area is 119 Å². The second-order valence-electron chi connectivity index (χ2n) is 6.01. The van der Waals surface area contributed by atoms with Gasteiger partial charge >= 0.3 is 0 Å². The van der Waals surface area contributed by atoms with Crippen LogP contribution in [0.5, 0.6) is 0 Å². The topological polar surface area (TPSA) is 15.3 Å². The summed E-state index contributed by atoms with van der Waals surface area (Å²) in [4.78, 5) is 2.47. The second kappa shape index (κ2) is 7.06. The van der Waals surface area contributed by atoms with E-state index < -0.39 is 0 Å². The third-order valence-electron chi connectivity index (χ3n) is 4.37. The van der Waals surface area contributed by atoms with Gasteiger partial charge in [-0.3, -0.25) is 4.90 Å². The highest BCUT2D eigenvalue weighted by Crippen LogP contribution is 2.23. The first-order valence-electron chi connectivity index (χ1n) is 7.42. The molecule has 0 spiro atoms. The van der Waals surface area contributed by atoms with Crippen LogP contribution in [-0.4, -0.2) is 30.6 Å². The summed E-state index contributed by atoms with van der Waals surface area (Å²) in [5.41, 5.74) is 3.04. The fraction of sp³-hybridized carbons (Fsp3) is 0.647. The SMILES string of the molecule is CCNC(CN(C)C(C)(C)CC)c1ccccc1C. The van der Waals surface area contributed by atoms with Crippen LogP contribution in [0, 0.1) is 6.92 Å². The molecule has 1 atom stereocenters. The molecule has 0 saturated heterocycles. The highest BCUT2D eigenvalue weighted by Gasteiger charge is 2.24. The Bertz CT molecular complexity index is 385. The number of hydrogen-bond donors (Lipinski definition) is 1. The Morgan fingerprint density at radius 2 is 1.84 bits per heavy atom. The van der Waals surface area contributed by atoms with Gasteiger partial charge in [0.1, 0.15) is 0 Å². The third kappa shape index (κ3) is 4.32. The van der Waals surface area contributed by atoms with Gasteiger partial charge < -0.3 is 5.32 Å². The average Bonchev–Trinajstić information content (AvgIpc) is 2.38. The lowest BCUT2D eigenvalue weighted by Crippen LogP contribution is -2.45. The molecule has 0 aromatic heterocycles. The van der Waals surface area contributed by atoms with Crippen molar-refractivity contribution < 1.29 is 0 Å². The lowest BCUT2D eigenvalue weighted by Gasteiger charge is -2.37. The van der Waals surface area contributed by atoms with Crippen molar-refractivity contribution >= 4 is 0 Å². The molecule has 0 radical (unpaired) electrons. The minimum absolute atomic E-state index is 0.246. The lowest BCUT2D eigenvalue weighted by atomic mass is 9.96. The molecule has 1 rings (SSSR count). The summed E-state index contributed by atoms with van der Waals surface area (Å²) in [6.07, 6.45) is 1.16. The van der Waals surface area contributed by atoms with Crippen LogP contribution in [0.1, 0.15) is 51.3 Å². The number of likely N-dealkylation sites (N-methyl/N-ethyl adjacent to an activating group) is 2. The van der Waals surface area contributed by atoms with Gasteiger partial charge in [0.2, 0.25) is 0 Å². The van der Waals surface area contributed by atoms with Crippen LogP contribution in [0.25, 0.3) is 0 Å². The molecule has 1 N–H and O–H groups in total. The molecule has 0 fully saturated rings. The molecule has 2 nitrogen and oxygen atoms in total. The number of nitrogens with zero attached hydrogens (tertiary/aromatic N) is 1. The van der Waals surface area contributed by atoms with E-state index in [2.05, 4.69) is 76.1 Å². The van der Waals surface area contributed by atoms with Crippen molar-refractivity contribution in [2.24, 2.45) is 0 Å². The Morgan fingerprint density at radius 1 is 1.21 bits per heavy atom. The van der Waals surface area contributed by atoms with Crippen LogP contribution >= 0.6 is 0 Å².